The molecule has 0 atom stereocenters. The molecule has 0 aliphatic carbocycles. The number of anilines is 2. The molecule has 2 aromatic carbocycles. The summed E-state index contributed by atoms with van der Waals surface area (Å²) in [6, 6.07) is 13.5. The zero-order valence-corrected chi connectivity index (χ0v) is 15.6. The van der Waals surface area contributed by atoms with E-state index in [1.165, 1.54) is 0 Å². The number of hydrogen-bond acceptors (Lipinski definition) is 6. The van der Waals surface area contributed by atoms with E-state index in [2.05, 4.69) is 16.0 Å². The molecule has 0 saturated heterocycles. The third kappa shape index (κ3) is 2.63. The number of para-hydroxylation sites is 2. The lowest BCUT2D eigenvalue weighted by Gasteiger charge is -2.26. The molecule has 0 bridgehead atoms. The van der Waals surface area contributed by atoms with Crippen molar-refractivity contribution < 1.29 is 31.2 Å². The van der Waals surface area contributed by atoms with Gasteiger partial charge < -0.3 is 36.3 Å². The van der Waals surface area contributed by atoms with Gasteiger partial charge in [-0.2, -0.15) is 0 Å². The second kappa shape index (κ2) is 6.64. The van der Waals surface area contributed by atoms with Crippen LogP contribution in [0.4, 0.5) is 11.4 Å². The third-order valence-electron chi connectivity index (χ3n) is 4.74. The minimum Gasteiger partial charge on any atom is -1.00 e. The molecule has 3 heterocycles. The molecule has 0 unspecified atom stereocenters. The summed E-state index contributed by atoms with van der Waals surface area (Å²) in [5.41, 5.74) is 2.79. The van der Waals surface area contributed by atoms with Crippen LogP contribution in [-0.4, -0.2) is 38.2 Å². The van der Waals surface area contributed by atoms with E-state index < -0.39 is 0 Å². The van der Waals surface area contributed by atoms with Crippen LogP contribution in [0.15, 0.2) is 47.5 Å². The number of hydrogen-bond donors (Lipinski definition) is 0. The van der Waals surface area contributed by atoms with E-state index in [1.54, 1.807) is 18.2 Å². The molecule has 0 amide bonds. The SMILES string of the molecule is O=C(CN1C2=NCCCN2c2ccccc21)c1ccc2c(c1)OCO2.[Br-]. The maximum atomic E-state index is 12.9. The number of Topliss-reactive ketones (excluding diaryl/α,β-unsaturated/α-hetero) is 1. The third-order valence-corrected chi connectivity index (χ3v) is 4.74. The summed E-state index contributed by atoms with van der Waals surface area (Å²) < 4.78 is 10.7. The number of carbonyl (C=O) groups excluding carboxylic acids is 1. The van der Waals surface area contributed by atoms with E-state index in [4.69, 9.17) is 9.47 Å². The summed E-state index contributed by atoms with van der Waals surface area (Å²) in [5.74, 6) is 2.22. The topological polar surface area (TPSA) is 54.4 Å². The predicted octanol–water partition coefficient (Wildman–Crippen LogP) is -0.312. The number of ether oxygens (including phenoxy) is 2. The van der Waals surface area contributed by atoms with Crippen molar-refractivity contribution in [3.8, 4) is 11.5 Å². The maximum Gasteiger partial charge on any atom is 0.231 e. The number of guanidine groups is 1. The summed E-state index contributed by atoms with van der Waals surface area (Å²) in [6.45, 7) is 2.20. The largest absolute Gasteiger partial charge is 1.00 e. The van der Waals surface area contributed by atoms with Crippen molar-refractivity contribution >= 4 is 23.1 Å². The highest BCUT2D eigenvalue weighted by molar-refractivity contribution is 6.19. The zero-order chi connectivity index (χ0) is 16.8. The Bertz CT molecular complexity index is 899. The summed E-state index contributed by atoms with van der Waals surface area (Å²) in [5, 5.41) is 0. The van der Waals surface area contributed by atoms with Crippen LogP contribution in [0.2, 0.25) is 0 Å². The molecule has 3 aliphatic heterocycles. The van der Waals surface area contributed by atoms with Crippen molar-refractivity contribution in [1.82, 2.24) is 0 Å². The Morgan fingerprint density at radius 2 is 1.88 bits per heavy atom. The number of nitrogens with zero attached hydrogens (tertiary/aromatic N) is 3. The molecule has 6 nitrogen and oxygen atoms in total. The van der Waals surface area contributed by atoms with E-state index in [1.807, 2.05) is 23.1 Å². The lowest BCUT2D eigenvalue weighted by molar-refractivity contribution is -0.0000140. The van der Waals surface area contributed by atoms with Crippen molar-refractivity contribution in [2.24, 2.45) is 4.99 Å². The summed E-state index contributed by atoms with van der Waals surface area (Å²) in [7, 11) is 0. The molecular weight excluding hydrogens is 398 g/mol. The van der Waals surface area contributed by atoms with E-state index in [9.17, 15) is 4.79 Å². The first-order valence-electron chi connectivity index (χ1n) is 8.43. The fourth-order valence-corrected chi connectivity index (χ4v) is 3.54. The number of rotatable bonds is 3. The van der Waals surface area contributed by atoms with Gasteiger partial charge in [0.15, 0.2) is 17.3 Å². The number of fused-ring (bicyclic) bond motifs is 4. The van der Waals surface area contributed by atoms with Crippen LogP contribution in [-0.2, 0) is 0 Å². The lowest BCUT2D eigenvalue weighted by Crippen LogP contribution is -3.00. The second-order valence-electron chi connectivity index (χ2n) is 6.25. The Balaban J connectivity index is 0.00000168. The van der Waals surface area contributed by atoms with E-state index >= 15 is 0 Å². The Kier molecular flexibility index (Phi) is 4.32. The van der Waals surface area contributed by atoms with E-state index in [-0.39, 0.29) is 36.1 Å². The van der Waals surface area contributed by atoms with Crippen LogP contribution in [0.25, 0.3) is 0 Å². The standard InChI is InChI=1S/C19H17N3O3.BrH/c23-16(13-6-7-17-18(10-13)25-12-24-17)11-22-15-5-2-1-4-14(15)21-9-3-8-20-19(21)22;/h1-2,4-7,10H,3,8-9,11-12H2;1H/p-1. The van der Waals surface area contributed by atoms with Crippen LogP contribution in [0.1, 0.15) is 16.8 Å². The molecule has 0 aromatic heterocycles. The van der Waals surface area contributed by atoms with Gasteiger partial charge in [0.1, 0.15) is 0 Å². The highest BCUT2D eigenvalue weighted by Gasteiger charge is 2.35. The monoisotopic (exact) mass is 414 g/mol. The number of ketones is 1. The van der Waals surface area contributed by atoms with Gasteiger partial charge in [0.25, 0.3) is 0 Å². The Morgan fingerprint density at radius 1 is 1.08 bits per heavy atom. The molecule has 3 aliphatic rings. The Morgan fingerprint density at radius 3 is 2.77 bits per heavy atom. The van der Waals surface area contributed by atoms with Crippen LogP contribution in [0.5, 0.6) is 11.5 Å². The van der Waals surface area contributed by atoms with Crippen molar-refractivity contribution in [2.75, 3.05) is 36.2 Å². The quantitative estimate of drug-likeness (QED) is 0.644. The van der Waals surface area contributed by atoms with Gasteiger partial charge in [0.05, 0.1) is 17.9 Å². The van der Waals surface area contributed by atoms with Crippen molar-refractivity contribution in [1.29, 1.82) is 0 Å². The van der Waals surface area contributed by atoms with Gasteiger partial charge in [-0.1, -0.05) is 12.1 Å². The molecule has 0 spiro atoms. The maximum absolute atomic E-state index is 12.9. The molecule has 0 saturated carbocycles. The highest BCUT2D eigenvalue weighted by atomic mass is 79.9. The fraction of sp³-hybridized carbons (Fsp3) is 0.263. The number of benzene rings is 2. The minimum atomic E-state index is 0. The molecule has 2 aromatic rings. The first kappa shape index (κ1) is 16.9. The molecule has 0 radical (unpaired) electrons. The molecule has 7 heteroatoms. The molecule has 0 N–H and O–H groups in total. The van der Waals surface area contributed by atoms with Gasteiger partial charge in [-0.15, -0.1) is 0 Å². The first-order valence-corrected chi connectivity index (χ1v) is 8.43. The average molecular weight is 415 g/mol. The van der Waals surface area contributed by atoms with Gasteiger partial charge in [-0.05, 0) is 36.8 Å². The van der Waals surface area contributed by atoms with Gasteiger partial charge in [-0.25, -0.2) is 0 Å². The highest BCUT2D eigenvalue weighted by Crippen LogP contribution is 2.38. The van der Waals surface area contributed by atoms with Crippen molar-refractivity contribution in [3.63, 3.8) is 0 Å². The minimum absolute atomic E-state index is 0. The zero-order valence-electron chi connectivity index (χ0n) is 14.0. The van der Waals surface area contributed by atoms with Crippen molar-refractivity contribution in [2.45, 2.75) is 6.42 Å². The summed E-state index contributed by atoms with van der Waals surface area (Å²) >= 11 is 0. The van der Waals surface area contributed by atoms with Crippen LogP contribution in [0, 0.1) is 0 Å². The van der Waals surface area contributed by atoms with Gasteiger partial charge in [0.2, 0.25) is 12.8 Å². The normalized spacial score (nSPS) is 16.5. The number of carbonyl (C=O) groups is 1. The van der Waals surface area contributed by atoms with Crippen LogP contribution >= 0.6 is 0 Å². The van der Waals surface area contributed by atoms with Crippen molar-refractivity contribution in [3.05, 3.63) is 48.0 Å². The Hall–Kier alpha value is -2.54. The van der Waals surface area contributed by atoms with E-state index in [0.29, 0.717) is 17.1 Å². The number of halogens is 1. The number of aliphatic imine (C=N–C) groups is 1. The molecule has 134 valence electrons. The van der Waals surface area contributed by atoms with Crippen LogP contribution < -0.4 is 36.3 Å². The second-order valence-corrected chi connectivity index (χ2v) is 6.25. The van der Waals surface area contributed by atoms with Gasteiger partial charge in [-0.3, -0.25) is 9.79 Å². The van der Waals surface area contributed by atoms with Crippen LogP contribution in [0.3, 0.4) is 0 Å². The summed E-state index contributed by atoms with van der Waals surface area (Å²) in [4.78, 5) is 21.8. The molecule has 5 rings (SSSR count). The first-order chi connectivity index (χ1) is 12.3. The summed E-state index contributed by atoms with van der Waals surface area (Å²) in [6.07, 6.45) is 1.03. The van der Waals surface area contributed by atoms with Gasteiger partial charge in [0, 0.05) is 18.7 Å². The van der Waals surface area contributed by atoms with E-state index in [0.717, 1.165) is 36.8 Å². The average Bonchev–Trinajstić information content (AvgIpc) is 3.25. The molecular formula is C19H17BrN3O3-. The smallest absolute Gasteiger partial charge is 0.231 e. The molecule has 26 heavy (non-hydrogen) atoms. The van der Waals surface area contributed by atoms with Gasteiger partial charge >= 0.3 is 0 Å². The molecule has 0 fully saturated rings. The predicted molar refractivity (Wildman–Crippen MR) is 94.9 cm³/mol. The lowest BCUT2D eigenvalue weighted by atomic mass is 10.1. The fourth-order valence-electron chi connectivity index (χ4n) is 3.54. The Labute approximate surface area is 161 Å².